The molecule has 2 aromatic carbocycles. The molecule has 1 aliphatic rings. The van der Waals surface area contributed by atoms with E-state index in [0.717, 1.165) is 50.9 Å². The molecule has 2 aromatic rings. The second-order valence-corrected chi connectivity index (χ2v) is 7.60. The Balaban J connectivity index is 1.75. The van der Waals surface area contributed by atoms with Crippen molar-refractivity contribution in [3.63, 3.8) is 0 Å². The van der Waals surface area contributed by atoms with Crippen LogP contribution in [0.4, 0.5) is 0 Å². The number of hydrogen-bond donors (Lipinski definition) is 2. The fourth-order valence-corrected chi connectivity index (χ4v) is 3.82. The maximum absolute atomic E-state index is 5.67. The Labute approximate surface area is 174 Å². The molecule has 0 saturated carbocycles. The van der Waals surface area contributed by atoms with Crippen molar-refractivity contribution in [3.8, 4) is 5.75 Å². The van der Waals surface area contributed by atoms with Gasteiger partial charge in [0.25, 0.3) is 0 Å². The fourth-order valence-electron chi connectivity index (χ4n) is 3.82. The summed E-state index contributed by atoms with van der Waals surface area (Å²) < 4.78 is 11.0. The molecule has 0 atom stereocenters. The summed E-state index contributed by atoms with van der Waals surface area (Å²) >= 11 is 0. The quantitative estimate of drug-likeness (QED) is 0.553. The fraction of sp³-hybridized carbons (Fsp3) is 0.458. The largest absolute Gasteiger partial charge is 0.497 e. The van der Waals surface area contributed by atoms with Crippen LogP contribution in [0.3, 0.4) is 0 Å². The summed E-state index contributed by atoms with van der Waals surface area (Å²) in [5.74, 6) is 1.74. The summed E-state index contributed by atoms with van der Waals surface area (Å²) in [5.41, 5.74) is 3.87. The van der Waals surface area contributed by atoms with Crippen LogP contribution in [-0.4, -0.2) is 39.4 Å². The SMILES string of the molecule is CCNC(=NCc1ccccc1C)NCC1(c2ccc(OC)cc2)CCOCC1. The first-order valence-corrected chi connectivity index (χ1v) is 10.5. The number of aryl methyl sites for hydroxylation is 1. The second kappa shape index (κ2) is 10.3. The first kappa shape index (κ1) is 21.2. The van der Waals surface area contributed by atoms with Gasteiger partial charge in [0.15, 0.2) is 5.96 Å². The second-order valence-electron chi connectivity index (χ2n) is 7.60. The molecule has 0 spiro atoms. The van der Waals surface area contributed by atoms with E-state index in [4.69, 9.17) is 14.5 Å². The zero-order valence-electron chi connectivity index (χ0n) is 17.8. The third kappa shape index (κ3) is 5.51. The van der Waals surface area contributed by atoms with Crippen LogP contribution >= 0.6 is 0 Å². The van der Waals surface area contributed by atoms with Crippen LogP contribution in [0.25, 0.3) is 0 Å². The predicted molar refractivity (Wildman–Crippen MR) is 119 cm³/mol. The summed E-state index contributed by atoms with van der Waals surface area (Å²) in [6.45, 7) is 8.11. The highest BCUT2D eigenvalue weighted by Crippen LogP contribution is 2.35. The topological polar surface area (TPSA) is 54.9 Å². The van der Waals surface area contributed by atoms with Gasteiger partial charge in [-0.1, -0.05) is 36.4 Å². The molecule has 5 heteroatoms. The van der Waals surface area contributed by atoms with E-state index in [1.165, 1.54) is 16.7 Å². The third-order valence-electron chi connectivity index (χ3n) is 5.76. The van der Waals surface area contributed by atoms with Crippen LogP contribution in [0.5, 0.6) is 5.75 Å². The maximum Gasteiger partial charge on any atom is 0.191 e. The first-order chi connectivity index (χ1) is 14.2. The van der Waals surface area contributed by atoms with Crippen molar-refractivity contribution in [2.24, 2.45) is 4.99 Å². The average molecular weight is 396 g/mol. The monoisotopic (exact) mass is 395 g/mol. The van der Waals surface area contributed by atoms with Crippen molar-refractivity contribution in [2.45, 2.75) is 38.6 Å². The maximum atomic E-state index is 5.67. The highest BCUT2D eigenvalue weighted by atomic mass is 16.5. The minimum atomic E-state index is 0.0311. The van der Waals surface area contributed by atoms with E-state index in [0.29, 0.717) is 6.54 Å². The summed E-state index contributed by atoms with van der Waals surface area (Å²) in [6, 6.07) is 16.9. The van der Waals surface area contributed by atoms with Gasteiger partial charge in [-0.15, -0.1) is 0 Å². The van der Waals surface area contributed by atoms with Gasteiger partial charge in [-0.3, -0.25) is 0 Å². The zero-order chi connectivity index (χ0) is 20.5. The van der Waals surface area contributed by atoms with Crippen LogP contribution in [0.1, 0.15) is 36.5 Å². The normalized spacial score (nSPS) is 16.3. The number of rotatable bonds is 7. The molecule has 0 bridgehead atoms. The van der Waals surface area contributed by atoms with Crippen molar-refractivity contribution in [1.29, 1.82) is 0 Å². The highest BCUT2D eigenvalue weighted by Gasteiger charge is 2.34. The number of guanidine groups is 1. The molecular weight excluding hydrogens is 362 g/mol. The molecule has 0 radical (unpaired) electrons. The minimum Gasteiger partial charge on any atom is -0.497 e. The van der Waals surface area contributed by atoms with Crippen LogP contribution in [0, 0.1) is 6.92 Å². The van der Waals surface area contributed by atoms with Gasteiger partial charge in [0.1, 0.15) is 5.75 Å². The van der Waals surface area contributed by atoms with E-state index in [-0.39, 0.29) is 5.41 Å². The van der Waals surface area contributed by atoms with Gasteiger partial charge in [0.2, 0.25) is 0 Å². The molecule has 0 aliphatic carbocycles. The molecular formula is C24H33N3O2. The van der Waals surface area contributed by atoms with Gasteiger partial charge in [0, 0.05) is 31.7 Å². The highest BCUT2D eigenvalue weighted by molar-refractivity contribution is 5.79. The predicted octanol–water partition coefficient (Wildman–Crippen LogP) is 3.81. The van der Waals surface area contributed by atoms with Crippen molar-refractivity contribution < 1.29 is 9.47 Å². The summed E-state index contributed by atoms with van der Waals surface area (Å²) in [4.78, 5) is 4.82. The number of nitrogens with zero attached hydrogens (tertiary/aromatic N) is 1. The summed E-state index contributed by atoms with van der Waals surface area (Å²) in [7, 11) is 1.70. The van der Waals surface area contributed by atoms with Gasteiger partial charge < -0.3 is 20.1 Å². The lowest BCUT2D eigenvalue weighted by molar-refractivity contribution is 0.0513. The molecule has 1 fully saturated rings. The van der Waals surface area contributed by atoms with Gasteiger partial charge in [0.05, 0.1) is 13.7 Å². The number of methoxy groups -OCH3 is 1. The summed E-state index contributed by atoms with van der Waals surface area (Å²) in [6.07, 6.45) is 1.98. The first-order valence-electron chi connectivity index (χ1n) is 10.5. The molecule has 1 heterocycles. The van der Waals surface area contributed by atoms with Crippen LogP contribution in [0.2, 0.25) is 0 Å². The Hall–Kier alpha value is -2.53. The lowest BCUT2D eigenvalue weighted by atomic mass is 9.74. The van der Waals surface area contributed by atoms with Crippen molar-refractivity contribution in [2.75, 3.05) is 33.4 Å². The Morgan fingerprint density at radius 3 is 2.45 bits per heavy atom. The van der Waals surface area contributed by atoms with Gasteiger partial charge in [-0.05, 0) is 55.5 Å². The third-order valence-corrected chi connectivity index (χ3v) is 5.76. The number of benzene rings is 2. The smallest absolute Gasteiger partial charge is 0.191 e. The average Bonchev–Trinajstić information content (AvgIpc) is 2.77. The molecule has 0 aromatic heterocycles. The molecule has 156 valence electrons. The standard InChI is InChI=1S/C24H33N3O2/c1-4-25-23(26-17-20-8-6-5-7-19(20)2)27-18-24(13-15-29-16-14-24)21-9-11-22(28-3)12-10-21/h5-12H,4,13-18H2,1-3H3,(H2,25,26,27). The van der Waals surface area contributed by atoms with Crippen molar-refractivity contribution >= 4 is 5.96 Å². The molecule has 1 saturated heterocycles. The Morgan fingerprint density at radius 2 is 1.79 bits per heavy atom. The Bertz CT molecular complexity index is 796. The molecule has 3 rings (SSSR count). The van der Waals surface area contributed by atoms with Gasteiger partial charge in [-0.2, -0.15) is 0 Å². The lowest BCUT2D eigenvalue weighted by Gasteiger charge is -2.38. The molecule has 0 unspecified atom stereocenters. The van der Waals surface area contributed by atoms with Crippen LogP contribution in [0.15, 0.2) is 53.5 Å². The Morgan fingerprint density at radius 1 is 1.07 bits per heavy atom. The van der Waals surface area contributed by atoms with Gasteiger partial charge in [-0.25, -0.2) is 4.99 Å². The van der Waals surface area contributed by atoms with E-state index < -0.39 is 0 Å². The van der Waals surface area contributed by atoms with Crippen molar-refractivity contribution in [3.05, 3.63) is 65.2 Å². The lowest BCUT2D eigenvalue weighted by Crippen LogP contribution is -2.48. The van der Waals surface area contributed by atoms with E-state index in [1.807, 2.05) is 12.1 Å². The number of aliphatic imine (C=N–C) groups is 1. The molecule has 29 heavy (non-hydrogen) atoms. The molecule has 2 N–H and O–H groups in total. The van der Waals surface area contributed by atoms with Crippen LogP contribution < -0.4 is 15.4 Å². The molecule has 0 amide bonds. The van der Waals surface area contributed by atoms with Gasteiger partial charge >= 0.3 is 0 Å². The summed E-state index contributed by atoms with van der Waals surface area (Å²) in [5, 5.41) is 6.99. The number of ether oxygens (including phenoxy) is 2. The van der Waals surface area contributed by atoms with E-state index >= 15 is 0 Å². The minimum absolute atomic E-state index is 0.0311. The van der Waals surface area contributed by atoms with Crippen molar-refractivity contribution in [1.82, 2.24) is 10.6 Å². The van der Waals surface area contributed by atoms with E-state index in [1.54, 1.807) is 7.11 Å². The number of nitrogens with one attached hydrogen (secondary N) is 2. The zero-order valence-corrected chi connectivity index (χ0v) is 17.8. The van der Waals surface area contributed by atoms with E-state index in [9.17, 15) is 0 Å². The molecule has 5 nitrogen and oxygen atoms in total. The Kier molecular flexibility index (Phi) is 7.53. The number of hydrogen-bond acceptors (Lipinski definition) is 3. The van der Waals surface area contributed by atoms with E-state index in [2.05, 4.69) is 60.9 Å². The van der Waals surface area contributed by atoms with Crippen LogP contribution in [-0.2, 0) is 16.7 Å². The molecule has 1 aliphatic heterocycles.